The molecule has 5 heteroatoms. The number of halogens is 1. The third-order valence-electron chi connectivity index (χ3n) is 4.25. The first-order valence-electron chi connectivity index (χ1n) is 7.41. The summed E-state index contributed by atoms with van der Waals surface area (Å²) in [5, 5.41) is 0. The van der Waals surface area contributed by atoms with E-state index in [9.17, 15) is 4.39 Å². The molecule has 0 aliphatic carbocycles. The van der Waals surface area contributed by atoms with Gasteiger partial charge in [0, 0.05) is 38.8 Å². The van der Waals surface area contributed by atoms with Crippen molar-refractivity contribution in [2.24, 2.45) is 5.92 Å². The van der Waals surface area contributed by atoms with Crippen molar-refractivity contribution in [3.05, 3.63) is 24.1 Å². The van der Waals surface area contributed by atoms with Crippen LogP contribution in [0.25, 0.3) is 0 Å². The molecule has 2 aliphatic heterocycles. The van der Waals surface area contributed by atoms with Gasteiger partial charge in [0.25, 0.3) is 0 Å². The molecule has 2 aliphatic rings. The summed E-state index contributed by atoms with van der Waals surface area (Å²) in [7, 11) is 0. The molecule has 0 N–H and O–H groups in total. The number of hydrogen-bond donors (Lipinski definition) is 0. The van der Waals surface area contributed by atoms with Crippen LogP contribution in [-0.4, -0.2) is 55.3 Å². The molecule has 110 valence electrons. The first-order valence-corrected chi connectivity index (χ1v) is 7.41. The first-order chi connectivity index (χ1) is 9.72. The Morgan fingerprint density at radius 3 is 3.00 bits per heavy atom. The lowest BCUT2D eigenvalue weighted by molar-refractivity contribution is 0.157. The van der Waals surface area contributed by atoms with E-state index in [2.05, 4.69) is 21.7 Å². The minimum absolute atomic E-state index is 0.361. The Kier molecular flexibility index (Phi) is 4.17. The van der Waals surface area contributed by atoms with Crippen molar-refractivity contribution in [3.8, 4) is 0 Å². The standard InChI is InChI=1S/C15H22FN3O/c1-12-9-18(10-13-5-8-20-11-13)6-7-19(12)15-4-2-3-14(16)17-15/h2-4,12-13H,5-11H2,1H3. The quantitative estimate of drug-likeness (QED) is 0.788. The van der Waals surface area contributed by atoms with Gasteiger partial charge in [-0.1, -0.05) is 6.07 Å². The summed E-state index contributed by atoms with van der Waals surface area (Å²) >= 11 is 0. The maximum absolute atomic E-state index is 13.2. The highest BCUT2D eigenvalue weighted by atomic mass is 19.1. The lowest BCUT2D eigenvalue weighted by atomic mass is 10.1. The zero-order valence-electron chi connectivity index (χ0n) is 12.0. The summed E-state index contributed by atoms with van der Waals surface area (Å²) in [5.41, 5.74) is 0. The van der Waals surface area contributed by atoms with Crippen molar-refractivity contribution in [1.82, 2.24) is 9.88 Å². The Morgan fingerprint density at radius 2 is 2.30 bits per heavy atom. The van der Waals surface area contributed by atoms with E-state index in [1.807, 2.05) is 6.07 Å². The molecule has 1 aromatic rings. The van der Waals surface area contributed by atoms with E-state index >= 15 is 0 Å². The van der Waals surface area contributed by atoms with Gasteiger partial charge in [-0.2, -0.15) is 4.39 Å². The fourth-order valence-corrected chi connectivity index (χ4v) is 3.19. The fourth-order valence-electron chi connectivity index (χ4n) is 3.19. The van der Waals surface area contributed by atoms with E-state index in [0.717, 1.165) is 45.2 Å². The van der Waals surface area contributed by atoms with E-state index in [0.29, 0.717) is 12.0 Å². The molecular formula is C15H22FN3O. The Morgan fingerprint density at radius 1 is 1.40 bits per heavy atom. The Bertz CT molecular complexity index is 450. The Labute approximate surface area is 119 Å². The first kappa shape index (κ1) is 13.8. The largest absolute Gasteiger partial charge is 0.381 e. The van der Waals surface area contributed by atoms with E-state index in [1.165, 1.54) is 12.5 Å². The molecule has 0 aromatic carbocycles. The van der Waals surface area contributed by atoms with E-state index in [-0.39, 0.29) is 0 Å². The summed E-state index contributed by atoms with van der Waals surface area (Å²) in [6.07, 6.45) is 1.18. The van der Waals surface area contributed by atoms with Crippen LogP contribution >= 0.6 is 0 Å². The molecule has 4 nitrogen and oxygen atoms in total. The van der Waals surface area contributed by atoms with E-state index in [1.54, 1.807) is 6.07 Å². The maximum atomic E-state index is 13.2. The zero-order valence-corrected chi connectivity index (χ0v) is 12.0. The molecule has 2 unspecified atom stereocenters. The average Bonchev–Trinajstić information content (AvgIpc) is 2.92. The molecule has 0 saturated carbocycles. The zero-order chi connectivity index (χ0) is 13.9. The second kappa shape index (κ2) is 6.06. The third-order valence-corrected chi connectivity index (χ3v) is 4.25. The highest BCUT2D eigenvalue weighted by Gasteiger charge is 2.27. The second-order valence-electron chi connectivity index (χ2n) is 5.85. The van der Waals surface area contributed by atoms with Crippen molar-refractivity contribution in [3.63, 3.8) is 0 Å². The number of piperazine rings is 1. The molecule has 0 amide bonds. The van der Waals surface area contributed by atoms with Crippen molar-refractivity contribution < 1.29 is 9.13 Å². The molecule has 0 bridgehead atoms. The molecule has 2 saturated heterocycles. The number of hydrogen-bond acceptors (Lipinski definition) is 4. The molecule has 3 heterocycles. The van der Waals surface area contributed by atoms with Gasteiger partial charge in [-0.15, -0.1) is 0 Å². The molecule has 0 spiro atoms. The normalized spacial score (nSPS) is 28.0. The number of pyridine rings is 1. The predicted octanol–water partition coefficient (Wildman–Crippen LogP) is 1.77. The van der Waals surface area contributed by atoms with Gasteiger partial charge >= 0.3 is 0 Å². The molecule has 20 heavy (non-hydrogen) atoms. The van der Waals surface area contributed by atoms with Crippen LogP contribution in [0.1, 0.15) is 13.3 Å². The lowest BCUT2D eigenvalue weighted by Crippen LogP contribution is -2.53. The highest BCUT2D eigenvalue weighted by molar-refractivity contribution is 5.40. The third kappa shape index (κ3) is 3.10. The monoisotopic (exact) mass is 279 g/mol. The molecule has 2 atom stereocenters. The van der Waals surface area contributed by atoms with Gasteiger partial charge in [-0.3, -0.25) is 4.90 Å². The van der Waals surface area contributed by atoms with Crippen LogP contribution in [0.3, 0.4) is 0 Å². The van der Waals surface area contributed by atoms with Gasteiger partial charge in [0.2, 0.25) is 5.95 Å². The van der Waals surface area contributed by atoms with Crippen LogP contribution in [0.4, 0.5) is 10.2 Å². The Balaban J connectivity index is 1.59. The van der Waals surface area contributed by atoms with Crippen LogP contribution in [0.2, 0.25) is 0 Å². The average molecular weight is 279 g/mol. The van der Waals surface area contributed by atoms with Gasteiger partial charge in [-0.05, 0) is 31.4 Å². The molecule has 2 fully saturated rings. The maximum Gasteiger partial charge on any atom is 0.214 e. The second-order valence-corrected chi connectivity index (χ2v) is 5.85. The summed E-state index contributed by atoms with van der Waals surface area (Å²) in [4.78, 5) is 8.70. The fraction of sp³-hybridized carbons (Fsp3) is 0.667. The van der Waals surface area contributed by atoms with Crippen LogP contribution in [0.15, 0.2) is 18.2 Å². The number of aromatic nitrogens is 1. The van der Waals surface area contributed by atoms with Crippen molar-refractivity contribution in [2.75, 3.05) is 44.3 Å². The van der Waals surface area contributed by atoms with Crippen molar-refractivity contribution in [1.29, 1.82) is 0 Å². The molecule has 3 rings (SSSR count). The summed E-state index contributed by atoms with van der Waals surface area (Å²) < 4.78 is 18.7. The van der Waals surface area contributed by atoms with Gasteiger partial charge in [-0.25, -0.2) is 4.98 Å². The van der Waals surface area contributed by atoms with Crippen LogP contribution in [0.5, 0.6) is 0 Å². The highest BCUT2D eigenvalue weighted by Crippen LogP contribution is 2.21. The Hall–Kier alpha value is -1.20. The SMILES string of the molecule is CC1CN(CC2CCOC2)CCN1c1cccc(F)n1. The van der Waals surface area contributed by atoms with Crippen molar-refractivity contribution in [2.45, 2.75) is 19.4 Å². The predicted molar refractivity (Wildman–Crippen MR) is 76.4 cm³/mol. The number of anilines is 1. The molecule has 0 radical (unpaired) electrons. The topological polar surface area (TPSA) is 28.6 Å². The molecular weight excluding hydrogens is 257 g/mol. The van der Waals surface area contributed by atoms with Gasteiger partial charge in [0.15, 0.2) is 0 Å². The van der Waals surface area contributed by atoms with Crippen LogP contribution in [0, 0.1) is 11.9 Å². The number of ether oxygens (including phenoxy) is 1. The van der Waals surface area contributed by atoms with Crippen LogP contribution in [-0.2, 0) is 4.74 Å². The van der Waals surface area contributed by atoms with Crippen molar-refractivity contribution >= 4 is 5.82 Å². The van der Waals surface area contributed by atoms with Gasteiger partial charge in [0.05, 0.1) is 6.61 Å². The van der Waals surface area contributed by atoms with Crippen LogP contribution < -0.4 is 4.90 Å². The lowest BCUT2D eigenvalue weighted by Gasteiger charge is -2.41. The number of rotatable bonds is 3. The smallest absolute Gasteiger partial charge is 0.214 e. The summed E-state index contributed by atoms with van der Waals surface area (Å²) in [5.74, 6) is 1.03. The van der Waals surface area contributed by atoms with Gasteiger partial charge < -0.3 is 9.64 Å². The number of nitrogens with zero attached hydrogens (tertiary/aromatic N) is 3. The summed E-state index contributed by atoms with van der Waals surface area (Å²) in [6.45, 7) is 8.05. The minimum atomic E-state index is -0.403. The minimum Gasteiger partial charge on any atom is -0.381 e. The summed E-state index contributed by atoms with van der Waals surface area (Å²) in [6, 6.07) is 5.37. The van der Waals surface area contributed by atoms with E-state index in [4.69, 9.17) is 4.74 Å². The van der Waals surface area contributed by atoms with Gasteiger partial charge in [0.1, 0.15) is 5.82 Å². The molecule has 1 aromatic heterocycles. The van der Waals surface area contributed by atoms with E-state index < -0.39 is 5.95 Å².